The average Bonchev–Trinajstić information content (AvgIpc) is 3.01. The van der Waals surface area contributed by atoms with Crippen LogP contribution < -0.4 is 14.4 Å². The summed E-state index contributed by atoms with van der Waals surface area (Å²) in [6, 6.07) is 9.26. The van der Waals surface area contributed by atoms with Gasteiger partial charge in [-0.3, -0.25) is 4.68 Å². The van der Waals surface area contributed by atoms with E-state index in [0.717, 1.165) is 41.9 Å². The van der Waals surface area contributed by atoms with Crippen LogP contribution in [0.4, 0.5) is 5.69 Å². The number of aryl methyl sites for hydroxylation is 2. The molecule has 0 bridgehead atoms. The van der Waals surface area contributed by atoms with Crippen molar-refractivity contribution in [1.82, 2.24) is 19.5 Å². The highest BCUT2D eigenvalue weighted by Gasteiger charge is 2.27. The van der Waals surface area contributed by atoms with Crippen LogP contribution in [0.2, 0.25) is 0 Å². The first-order valence-corrected chi connectivity index (χ1v) is 11.1. The van der Waals surface area contributed by atoms with Gasteiger partial charge in [0, 0.05) is 37.8 Å². The van der Waals surface area contributed by atoms with Gasteiger partial charge in [-0.25, -0.2) is 18.1 Å². The molecular formula is C20H25N5O3S. The third-order valence-corrected chi connectivity index (χ3v) is 6.80. The van der Waals surface area contributed by atoms with Crippen LogP contribution in [0.25, 0.3) is 11.0 Å². The summed E-state index contributed by atoms with van der Waals surface area (Å²) in [7, 11) is -0.247. The van der Waals surface area contributed by atoms with Crippen molar-refractivity contribution < 1.29 is 13.2 Å². The Bertz CT molecular complexity index is 1140. The van der Waals surface area contributed by atoms with Gasteiger partial charge >= 0.3 is 0 Å². The average molecular weight is 416 g/mol. The Morgan fingerprint density at radius 1 is 1.28 bits per heavy atom. The number of rotatable bonds is 5. The molecule has 0 saturated carbocycles. The van der Waals surface area contributed by atoms with Gasteiger partial charge in [-0.2, -0.15) is 5.10 Å². The topological polar surface area (TPSA) is 89.3 Å². The number of nitrogens with zero attached hydrogens (tertiary/aromatic N) is 4. The molecule has 1 fully saturated rings. The molecule has 3 aromatic rings. The summed E-state index contributed by atoms with van der Waals surface area (Å²) in [4.78, 5) is 6.63. The molecular weight excluding hydrogens is 390 g/mol. The number of hydrogen-bond donors (Lipinski definition) is 1. The predicted octanol–water partition coefficient (Wildman–Crippen LogP) is 2.23. The number of pyridine rings is 1. The highest BCUT2D eigenvalue weighted by atomic mass is 32.2. The number of ether oxygens (including phenoxy) is 1. The maximum atomic E-state index is 13.0. The third kappa shape index (κ3) is 3.79. The second kappa shape index (κ2) is 7.64. The van der Waals surface area contributed by atoms with Crippen LogP contribution in [0.1, 0.15) is 18.5 Å². The number of fused-ring (bicyclic) bond motifs is 1. The molecule has 0 radical (unpaired) electrons. The van der Waals surface area contributed by atoms with Crippen LogP contribution in [-0.4, -0.2) is 49.4 Å². The van der Waals surface area contributed by atoms with Crippen LogP contribution in [0.15, 0.2) is 41.4 Å². The zero-order chi connectivity index (χ0) is 20.6. The molecule has 2 aromatic heterocycles. The van der Waals surface area contributed by atoms with Crippen molar-refractivity contribution in [3.63, 3.8) is 0 Å². The number of methoxy groups -OCH3 is 1. The van der Waals surface area contributed by atoms with Crippen molar-refractivity contribution in [1.29, 1.82) is 0 Å². The van der Waals surface area contributed by atoms with Crippen molar-refractivity contribution in [2.75, 3.05) is 25.1 Å². The van der Waals surface area contributed by atoms with Gasteiger partial charge in [-0.1, -0.05) is 12.1 Å². The number of hydrogen-bond acceptors (Lipinski definition) is 6. The van der Waals surface area contributed by atoms with Crippen LogP contribution in [0, 0.1) is 6.92 Å². The molecule has 3 heterocycles. The lowest BCUT2D eigenvalue weighted by Crippen LogP contribution is -2.47. The number of nitrogens with one attached hydrogen (secondary N) is 1. The van der Waals surface area contributed by atoms with Crippen molar-refractivity contribution in [3.05, 3.63) is 42.2 Å². The van der Waals surface area contributed by atoms with E-state index in [0.29, 0.717) is 12.2 Å². The molecule has 1 aliphatic rings. The highest BCUT2D eigenvalue weighted by molar-refractivity contribution is 7.89. The van der Waals surface area contributed by atoms with Crippen LogP contribution >= 0.6 is 0 Å². The van der Waals surface area contributed by atoms with Crippen molar-refractivity contribution in [2.45, 2.75) is 30.7 Å². The summed E-state index contributed by atoms with van der Waals surface area (Å²) in [6.45, 7) is 3.29. The molecule has 1 saturated heterocycles. The first-order chi connectivity index (χ1) is 13.9. The standard InChI is InChI=1S/C20H25N5O3S/c1-14-17-11-16(12-21-20(17)24(2)22-14)29(26,27)23-15-7-6-10-25(13-15)18-8-4-5-9-19(18)28-3/h4-5,8-9,11-12,15,23H,6-7,10,13H2,1-3H3. The SMILES string of the molecule is COc1ccccc1N1CCCC(NS(=O)(=O)c2cnc3c(c2)c(C)nn3C)C1. The molecule has 1 atom stereocenters. The van der Waals surface area contributed by atoms with Gasteiger partial charge in [-0.05, 0) is 38.0 Å². The maximum Gasteiger partial charge on any atom is 0.242 e. The van der Waals surface area contributed by atoms with E-state index in [-0.39, 0.29) is 10.9 Å². The Morgan fingerprint density at radius 3 is 2.86 bits per heavy atom. The number of piperidine rings is 1. The summed E-state index contributed by atoms with van der Waals surface area (Å²) in [5.74, 6) is 0.790. The summed E-state index contributed by atoms with van der Waals surface area (Å²) in [5.41, 5.74) is 2.40. The molecule has 154 valence electrons. The van der Waals surface area contributed by atoms with E-state index < -0.39 is 10.0 Å². The first kappa shape index (κ1) is 19.7. The first-order valence-electron chi connectivity index (χ1n) is 9.58. The van der Waals surface area contributed by atoms with Crippen LogP contribution in [0.5, 0.6) is 5.75 Å². The van der Waals surface area contributed by atoms with Gasteiger partial charge in [0.2, 0.25) is 10.0 Å². The maximum absolute atomic E-state index is 13.0. The Balaban J connectivity index is 1.55. The van der Waals surface area contributed by atoms with E-state index in [9.17, 15) is 8.42 Å². The summed E-state index contributed by atoms with van der Waals surface area (Å²) >= 11 is 0. The van der Waals surface area contributed by atoms with Crippen LogP contribution in [-0.2, 0) is 17.1 Å². The fourth-order valence-corrected chi connectivity index (χ4v) is 5.14. The van der Waals surface area contributed by atoms with Gasteiger partial charge in [-0.15, -0.1) is 0 Å². The molecule has 1 aromatic carbocycles. The van der Waals surface area contributed by atoms with Gasteiger partial charge in [0.25, 0.3) is 0 Å². The summed E-state index contributed by atoms with van der Waals surface area (Å²) in [5, 5.41) is 5.05. The fraction of sp³-hybridized carbons (Fsp3) is 0.400. The number of sulfonamides is 1. The summed E-state index contributed by atoms with van der Waals surface area (Å²) in [6.07, 6.45) is 3.07. The molecule has 0 aliphatic carbocycles. The number of benzene rings is 1. The van der Waals surface area contributed by atoms with E-state index in [1.165, 1.54) is 6.20 Å². The van der Waals surface area contributed by atoms with Gasteiger partial charge in [0.1, 0.15) is 10.6 Å². The normalized spacial score (nSPS) is 17.6. The van der Waals surface area contributed by atoms with Crippen molar-refractivity contribution in [3.8, 4) is 5.75 Å². The quantitative estimate of drug-likeness (QED) is 0.687. The minimum absolute atomic E-state index is 0.163. The van der Waals surface area contributed by atoms with E-state index in [1.54, 1.807) is 24.9 Å². The van der Waals surface area contributed by atoms with Crippen LogP contribution in [0.3, 0.4) is 0 Å². The molecule has 0 amide bonds. The lowest BCUT2D eigenvalue weighted by atomic mass is 10.1. The Morgan fingerprint density at radius 2 is 2.07 bits per heavy atom. The zero-order valence-corrected chi connectivity index (χ0v) is 17.6. The van der Waals surface area contributed by atoms with Gasteiger partial charge in [0.15, 0.2) is 5.65 Å². The third-order valence-electron chi connectivity index (χ3n) is 5.32. The lowest BCUT2D eigenvalue weighted by Gasteiger charge is -2.35. The van der Waals surface area contributed by atoms with Gasteiger partial charge < -0.3 is 9.64 Å². The van der Waals surface area contributed by atoms with Gasteiger partial charge in [0.05, 0.1) is 18.5 Å². The minimum Gasteiger partial charge on any atom is -0.495 e. The Labute approximate surface area is 170 Å². The molecule has 9 heteroatoms. The molecule has 29 heavy (non-hydrogen) atoms. The number of aromatic nitrogens is 3. The van der Waals surface area contributed by atoms with Crippen molar-refractivity contribution >= 4 is 26.7 Å². The molecule has 1 unspecified atom stereocenters. The van der Waals surface area contributed by atoms with E-state index in [2.05, 4.69) is 19.7 Å². The number of anilines is 1. The largest absolute Gasteiger partial charge is 0.495 e. The summed E-state index contributed by atoms with van der Waals surface area (Å²) < 4.78 is 36.0. The Kier molecular flexibility index (Phi) is 5.18. The molecule has 1 N–H and O–H groups in total. The second-order valence-corrected chi connectivity index (χ2v) is 9.04. The van der Waals surface area contributed by atoms with E-state index in [1.807, 2.05) is 31.2 Å². The van der Waals surface area contributed by atoms with E-state index in [4.69, 9.17) is 4.74 Å². The molecule has 8 nitrogen and oxygen atoms in total. The smallest absolute Gasteiger partial charge is 0.242 e. The Hall–Kier alpha value is -2.65. The van der Waals surface area contributed by atoms with Crippen molar-refractivity contribution in [2.24, 2.45) is 7.05 Å². The second-order valence-electron chi connectivity index (χ2n) is 7.33. The minimum atomic E-state index is -3.69. The lowest BCUT2D eigenvalue weighted by molar-refractivity contribution is 0.409. The molecule has 0 spiro atoms. The molecule has 4 rings (SSSR count). The zero-order valence-electron chi connectivity index (χ0n) is 16.8. The van der Waals surface area contributed by atoms with E-state index >= 15 is 0 Å². The fourth-order valence-electron chi connectivity index (χ4n) is 3.91. The predicted molar refractivity (Wildman–Crippen MR) is 112 cm³/mol. The number of para-hydroxylation sites is 2. The molecule has 1 aliphatic heterocycles. The highest BCUT2D eigenvalue weighted by Crippen LogP contribution is 2.30. The monoisotopic (exact) mass is 415 g/mol.